The first kappa shape index (κ1) is 20.6. The molecule has 1 aromatic heterocycles. The van der Waals surface area contributed by atoms with Gasteiger partial charge >= 0.3 is 5.69 Å². The van der Waals surface area contributed by atoms with Gasteiger partial charge in [-0.3, -0.25) is 18.7 Å². The van der Waals surface area contributed by atoms with E-state index in [1.165, 1.54) is 9.13 Å². The fraction of sp³-hybridized carbons (Fsp3) is 0.348. The average molecular weight is 393 g/mol. The van der Waals surface area contributed by atoms with E-state index >= 15 is 0 Å². The summed E-state index contributed by atoms with van der Waals surface area (Å²) < 4.78 is 2.65. The second-order valence-corrected chi connectivity index (χ2v) is 7.42. The number of hydrogen-bond acceptors (Lipinski definition) is 3. The maximum atomic E-state index is 13.1. The van der Waals surface area contributed by atoms with Crippen molar-refractivity contribution in [1.29, 1.82) is 0 Å². The Bertz CT molecular complexity index is 1160. The van der Waals surface area contributed by atoms with Crippen LogP contribution in [-0.2, 0) is 17.9 Å². The Labute approximate surface area is 169 Å². The van der Waals surface area contributed by atoms with Gasteiger partial charge in [0.25, 0.3) is 5.56 Å². The summed E-state index contributed by atoms with van der Waals surface area (Å²) in [6.45, 7) is 6.15. The van der Waals surface area contributed by atoms with Crippen molar-refractivity contribution in [2.75, 3.05) is 5.32 Å². The van der Waals surface area contributed by atoms with E-state index < -0.39 is 5.69 Å². The van der Waals surface area contributed by atoms with Crippen LogP contribution in [0, 0.1) is 13.8 Å². The van der Waals surface area contributed by atoms with E-state index in [1.807, 2.05) is 32.0 Å². The Kier molecular flexibility index (Phi) is 6.32. The van der Waals surface area contributed by atoms with Crippen LogP contribution in [0.15, 0.2) is 52.1 Å². The average Bonchev–Trinajstić information content (AvgIpc) is 2.70. The third-order valence-corrected chi connectivity index (χ3v) is 5.09. The van der Waals surface area contributed by atoms with E-state index in [1.54, 1.807) is 24.3 Å². The fourth-order valence-corrected chi connectivity index (χ4v) is 3.44. The molecule has 0 bridgehead atoms. The van der Waals surface area contributed by atoms with Crippen molar-refractivity contribution in [3.05, 3.63) is 74.4 Å². The zero-order valence-corrected chi connectivity index (χ0v) is 17.2. The second kappa shape index (κ2) is 8.90. The molecule has 0 radical (unpaired) electrons. The number of rotatable bonds is 7. The van der Waals surface area contributed by atoms with E-state index in [9.17, 15) is 14.4 Å². The summed E-state index contributed by atoms with van der Waals surface area (Å²) in [5, 5.41) is 3.34. The number of aromatic nitrogens is 2. The van der Waals surface area contributed by atoms with Crippen molar-refractivity contribution in [3.8, 4) is 0 Å². The lowest BCUT2D eigenvalue weighted by Gasteiger charge is -2.15. The Morgan fingerprint density at radius 3 is 2.52 bits per heavy atom. The van der Waals surface area contributed by atoms with Crippen LogP contribution < -0.4 is 16.6 Å². The monoisotopic (exact) mass is 393 g/mol. The van der Waals surface area contributed by atoms with Crippen LogP contribution in [0.25, 0.3) is 10.9 Å². The molecule has 152 valence electrons. The molecule has 6 heteroatoms. The van der Waals surface area contributed by atoms with Gasteiger partial charge in [-0.05, 0) is 49.6 Å². The molecule has 0 atom stereocenters. The van der Waals surface area contributed by atoms with Crippen molar-refractivity contribution >= 4 is 22.5 Å². The van der Waals surface area contributed by atoms with E-state index in [-0.39, 0.29) is 18.0 Å². The minimum Gasteiger partial charge on any atom is -0.324 e. The highest BCUT2D eigenvalue weighted by Crippen LogP contribution is 2.16. The number of fused-ring (bicyclic) bond motifs is 1. The van der Waals surface area contributed by atoms with Crippen molar-refractivity contribution in [1.82, 2.24) is 9.13 Å². The molecular formula is C23H27N3O3. The Balaban J connectivity index is 1.99. The van der Waals surface area contributed by atoms with Crippen LogP contribution in [0.5, 0.6) is 0 Å². The molecule has 29 heavy (non-hydrogen) atoms. The highest BCUT2D eigenvalue weighted by Gasteiger charge is 2.15. The molecule has 0 aliphatic carbocycles. The van der Waals surface area contributed by atoms with E-state index in [0.29, 0.717) is 17.4 Å². The van der Waals surface area contributed by atoms with Crippen LogP contribution in [-0.4, -0.2) is 15.0 Å². The van der Waals surface area contributed by atoms with Crippen LogP contribution in [0.4, 0.5) is 5.69 Å². The minimum atomic E-state index is -0.444. The first-order valence-electron chi connectivity index (χ1n) is 10.0. The molecule has 0 fully saturated rings. The van der Waals surface area contributed by atoms with Crippen molar-refractivity contribution in [3.63, 3.8) is 0 Å². The molecule has 1 heterocycles. The number of hydrogen-bond donors (Lipinski definition) is 1. The zero-order chi connectivity index (χ0) is 21.0. The molecule has 3 rings (SSSR count). The number of unbranched alkanes of at least 4 members (excludes halogenated alkanes) is 2. The van der Waals surface area contributed by atoms with Crippen molar-refractivity contribution < 1.29 is 4.79 Å². The Morgan fingerprint density at radius 2 is 1.76 bits per heavy atom. The molecule has 3 aromatic rings. The predicted molar refractivity (Wildman–Crippen MR) is 117 cm³/mol. The van der Waals surface area contributed by atoms with Gasteiger partial charge in [-0.1, -0.05) is 44.0 Å². The number of nitrogens with zero attached hydrogens (tertiary/aromatic N) is 2. The largest absolute Gasteiger partial charge is 0.331 e. The zero-order valence-electron chi connectivity index (χ0n) is 17.2. The number of aryl methyl sites for hydroxylation is 2. The van der Waals surface area contributed by atoms with E-state index in [4.69, 9.17) is 0 Å². The Morgan fingerprint density at radius 1 is 1.00 bits per heavy atom. The SMILES string of the molecule is CCCCCn1c(=O)c2ccccc2n(CC(=O)Nc2cc(C)ccc2C)c1=O. The lowest BCUT2D eigenvalue weighted by atomic mass is 10.1. The van der Waals surface area contributed by atoms with Gasteiger partial charge in [-0.25, -0.2) is 4.79 Å². The minimum absolute atomic E-state index is 0.152. The summed E-state index contributed by atoms with van der Waals surface area (Å²) >= 11 is 0. The first-order valence-corrected chi connectivity index (χ1v) is 10.0. The van der Waals surface area contributed by atoms with E-state index in [2.05, 4.69) is 12.2 Å². The Hall–Kier alpha value is -3.15. The number of anilines is 1. The van der Waals surface area contributed by atoms with Gasteiger partial charge in [0.2, 0.25) is 5.91 Å². The highest BCUT2D eigenvalue weighted by atomic mass is 16.2. The lowest BCUT2D eigenvalue weighted by molar-refractivity contribution is -0.116. The summed E-state index contributed by atoms with van der Waals surface area (Å²) in [5.74, 6) is -0.301. The normalized spacial score (nSPS) is 11.0. The lowest BCUT2D eigenvalue weighted by Crippen LogP contribution is -2.41. The molecule has 6 nitrogen and oxygen atoms in total. The summed E-state index contributed by atoms with van der Waals surface area (Å²) in [4.78, 5) is 38.6. The molecule has 1 N–H and O–H groups in total. The first-order chi connectivity index (χ1) is 13.9. The number of nitrogens with one attached hydrogen (secondary N) is 1. The summed E-state index contributed by atoms with van der Waals surface area (Å²) in [7, 11) is 0. The molecule has 0 aliphatic rings. The third-order valence-electron chi connectivity index (χ3n) is 5.09. The molecule has 0 unspecified atom stereocenters. The molecular weight excluding hydrogens is 366 g/mol. The molecule has 0 spiro atoms. The van der Waals surface area contributed by atoms with Gasteiger partial charge in [0, 0.05) is 12.2 Å². The van der Waals surface area contributed by atoms with Crippen LogP contribution in [0.3, 0.4) is 0 Å². The van der Waals surface area contributed by atoms with Gasteiger partial charge in [-0.15, -0.1) is 0 Å². The number of para-hydroxylation sites is 1. The van der Waals surface area contributed by atoms with E-state index in [0.717, 1.165) is 36.1 Å². The van der Waals surface area contributed by atoms with Crippen LogP contribution >= 0.6 is 0 Å². The second-order valence-electron chi connectivity index (χ2n) is 7.42. The maximum Gasteiger partial charge on any atom is 0.331 e. The molecule has 0 saturated carbocycles. The number of carbonyl (C=O) groups excluding carboxylic acids is 1. The van der Waals surface area contributed by atoms with Gasteiger partial charge < -0.3 is 5.32 Å². The smallest absolute Gasteiger partial charge is 0.324 e. The quantitative estimate of drug-likeness (QED) is 0.623. The van der Waals surface area contributed by atoms with Crippen LogP contribution in [0.2, 0.25) is 0 Å². The number of benzene rings is 2. The fourth-order valence-electron chi connectivity index (χ4n) is 3.44. The van der Waals surface area contributed by atoms with Crippen molar-refractivity contribution in [2.24, 2.45) is 0 Å². The molecule has 1 amide bonds. The maximum absolute atomic E-state index is 13.1. The topological polar surface area (TPSA) is 73.1 Å². The summed E-state index contributed by atoms with van der Waals surface area (Å²) in [5.41, 5.74) is 2.45. The number of amides is 1. The third kappa shape index (κ3) is 4.47. The number of carbonyl (C=O) groups is 1. The van der Waals surface area contributed by atoms with Crippen molar-refractivity contribution in [2.45, 2.75) is 53.1 Å². The summed E-state index contributed by atoms with van der Waals surface area (Å²) in [6, 6.07) is 12.8. The van der Waals surface area contributed by atoms with Gasteiger partial charge in [-0.2, -0.15) is 0 Å². The van der Waals surface area contributed by atoms with Crippen LogP contribution in [0.1, 0.15) is 37.3 Å². The highest BCUT2D eigenvalue weighted by molar-refractivity contribution is 5.92. The standard InChI is InChI=1S/C23H27N3O3/c1-4-5-8-13-25-22(28)18-9-6-7-10-20(18)26(23(25)29)15-21(27)24-19-14-16(2)11-12-17(19)3/h6-7,9-12,14H,4-5,8,13,15H2,1-3H3,(H,24,27). The van der Waals surface area contributed by atoms with Gasteiger partial charge in [0.15, 0.2) is 0 Å². The molecule has 0 aliphatic heterocycles. The van der Waals surface area contributed by atoms with Gasteiger partial charge in [0.1, 0.15) is 6.54 Å². The molecule has 0 saturated heterocycles. The predicted octanol–water partition coefficient (Wildman–Crippen LogP) is 3.61. The summed E-state index contributed by atoms with van der Waals surface area (Å²) in [6.07, 6.45) is 2.68. The molecule has 2 aromatic carbocycles. The van der Waals surface area contributed by atoms with Gasteiger partial charge in [0.05, 0.1) is 10.9 Å².